The number of hydrogen-bond donors (Lipinski definition) is 0. The molecule has 0 N–H and O–H groups in total. The van der Waals surface area contributed by atoms with Crippen LogP contribution in [0, 0.1) is 5.82 Å². The van der Waals surface area contributed by atoms with Gasteiger partial charge in [-0.2, -0.15) is 0 Å². The summed E-state index contributed by atoms with van der Waals surface area (Å²) in [6, 6.07) is 5.36. The summed E-state index contributed by atoms with van der Waals surface area (Å²) in [5.74, 6) is -0.755. The maximum Gasteiger partial charge on any atom is 0.338 e. The largest absolute Gasteiger partial charge is 0.459 e. The Morgan fingerprint density at radius 1 is 1.25 bits per heavy atom. The molecule has 2 rings (SSSR count). The molecule has 0 aromatic heterocycles. The van der Waals surface area contributed by atoms with Gasteiger partial charge in [0.25, 0.3) is 0 Å². The molecule has 3 nitrogen and oxygen atoms in total. The minimum Gasteiger partial charge on any atom is -0.459 e. The average Bonchev–Trinajstić information content (AvgIpc) is 2.31. The average molecular weight is 224 g/mol. The van der Waals surface area contributed by atoms with E-state index < -0.39 is 5.97 Å². The SMILES string of the molecule is O=C(OC1CCOCC1)c1ccc(F)cc1. The molecule has 0 saturated carbocycles. The summed E-state index contributed by atoms with van der Waals surface area (Å²) in [6.45, 7) is 1.25. The number of ether oxygens (including phenoxy) is 2. The second-order valence-corrected chi connectivity index (χ2v) is 3.72. The topological polar surface area (TPSA) is 35.5 Å². The fourth-order valence-electron chi connectivity index (χ4n) is 1.60. The van der Waals surface area contributed by atoms with Gasteiger partial charge in [0.1, 0.15) is 11.9 Å². The van der Waals surface area contributed by atoms with Gasteiger partial charge in [-0.15, -0.1) is 0 Å². The molecule has 4 heteroatoms. The van der Waals surface area contributed by atoms with Crippen molar-refractivity contribution in [3.8, 4) is 0 Å². The van der Waals surface area contributed by atoms with Crippen LogP contribution in [0.25, 0.3) is 0 Å². The number of halogens is 1. The Balaban J connectivity index is 1.94. The summed E-state index contributed by atoms with van der Waals surface area (Å²) >= 11 is 0. The van der Waals surface area contributed by atoms with Crippen molar-refractivity contribution in [3.63, 3.8) is 0 Å². The Hall–Kier alpha value is -1.42. The quantitative estimate of drug-likeness (QED) is 0.722. The van der Waals surface area contributed by atoms with E-state index in [0.29, 0.717) is 18.8 Å². The molecule has 1 aliphatic rings. The van der Waals surface area contributed by atoms with E-state index >= 15 is 0 Å². The van der Waals surface area contributed by atoms with Gasteiger partial charge in [0.05, 0.1) is 18.8 Å². The minimum absolute atomic E-state index is 0.0775. The molecule has 0 radical (unpaired) electrons. The van der Waals surface area contributed by atoms with E-state index in [9.17, 15) is 9.18 Å². The number of esters is 1. The summed E-state index contributed by atoms with van der Waals surface area (Å²) in [7, 11) is 0. The van der Waals surface area contributed by atoms with Crippen LogP contribution in [0.3, 0.4) is 0 Å². The number of hydrogen-bond acceptors (Lipinski definition) is 3. The molecule has 16 heavy (non-hydrogen) atoms. The van der Waals surface area contributed by atoms with E-state index in [4.69, 9.17) is 9.47 Å². The predicted molar refractivity (Wildman–Crippen MR) is 55.7 cm³/mol. The first kappa shape index (κ1) is 11.1. The van der Waals surface area contributed by atoms with Crippen molar-refractivity contribution in [1.29, 1.82) is 0 Å². The molecule has 0 unspecified atom stereocenters. The highest BCUT2D eigenvalue weighted by Gasteiger charge is 2.18. The lowest BCUT2D eigenvalue weighted by Crippen LogP contribution is -2.26. The first-order valence-electron chi connectivity index (χ1n) is 5.30. The smallest absolute Gasteiger partial charge is 0.338 e. The van der Waals surface area contributed by atoms with Gasteiger partial charge in [-0.3, -0.25) is 0 Å². The van der Waals surface area contributed by atoms with E-state index in [0.717, 1.165) is 12.8 Å². The third-order valence-electron chi connectivity index (χ3n) is 2.52. The Morgan fingerprint density at radius 2 is 1.88 bits per heavy atom. The van der Waals surface area contributed by atoms with Gasteiger partial charge in [-0.25, -0.2) is 9.18 Å². The summed E-state index contributed by atoms with van der Waals surface area (Å²) < 4.78 is 23.1. The Labute approximate surface area is 93.2 Å². The highest BCUT2D eigenvalue weighted by Crippen LogP contribution is 2.13. The highest BCUT2D eigenvalue weighted by molar-refractivity contribution is 5.89. The molecule has 0 atom stereocenters. The van der Waals surface area contributed by atoms with Crippen molar-refractivity contribution in [2.75, 3.05) is 13.2 Å². The standard InChI is InChI=1S/C12H13FO3/c13-10-3-1-9(2-4-10)12(14)16-11-5-7-15-8-6-11/h1-4,11H,5-8H2. The molecule has 1 saturated heterocycles. The molecule has 1 aliphatic heterocycles. The number of rotatable bonds is 2. The van der Waals surface area contributed by atoms with Gasteiger partial charge in [0.2, 0.25) is 0 Å². The van der Waals surface area contributed by atoms with Gasteiger partial charge >= 0.3 is 5.97 Å². The van der Waals surface area contributed by atoms with Crippen molar-refractivity contribution in [2.45, 2.75) is 18.9 Å². The highest BCUT2D eigenvalue weighted by atomic mass is 19.1. The summed E-state index contributed by atoms with van der Waals surface area (Å²) in [4.78, 5) is 11.6. The maximum absolute atomic E-state index is 12.6. The molecule has 0 bridgehead atoms. The van der Waals surface area contributed by atoms with Gasteiger partial charge in [-0.05, 0) is 24.3 Å². The van der Waals surface area contributed by atoms with Crippen LogP contribution in [0.5, 0.6) is 0 Å². The lowest BCUT2D eigenvalue weighted by atomic mass is 10.1. The van der Waals surface area contributed by atoms with Crippen LogP contribution in [-0.4, -0.2) is 25.3 Å². The monoisotopic (exact) mass is 224 g/mol. The van der Waals surface area contributed by atoms with Crippen LogP contribution >= 0.6 is 0 Å². The summed E-state index contributed by atoms with van der Waals surface area (Å²) in [5.41, 5.74) is 0.382. The molecule has 86 valence electrons. The van der Waals surface area contributed by atoms with Crippen molar-refractivity contribution < 1.29 is 18.7 Å². The zero-order valence-electron chi connectivity index (χ0n) is 8.82. The lowest BCUT2D eigenvalue weighted by Gasteiger charge is -2.22. The first-order chi connectivity index (χ1) is 7.75. The Morgan fingerprint density at radius 3 is 2.50 bits per heavy atom. The molecule has 0 amide bonds. The molecule has 0 spiro atoms. The Kier molecular flexibility index (Phi) is 3.51. The fourth-order valence-corrected chi connectivity index (χ4v) is 1.60. The summed E-state index contributed by atoms with van der Waals surface area (Å²) in [5, 5.41) is 0. The van der Waals surface area contributed by atoms with Crippen LogP contribution in [0.15, 0.2) is 24.3 Å². The number of benzene rings is 1. The molecular formula is C12H13FO3. The Bertz CT molecular complexity index is 355. The van der Waals surface area contributed by atoms with Crippen LogP contribution in [0.4, 0.5) is 4.39 Å². The third kappa shape index (κ3) is 2.79. The fraction of sp³-hybridized carbons (Fsp3) is 0.417. The zero-order valence-corrected chi connectivity index (χ0v) is 8.82. The van der Waals surface area contributed by atoms with Crippen LogP contribution in [-0.2, 0) is 9.47 Å². The van der Waals surface area contributed by atoms with Crippen LogP contribution < -0.4 is 0 Å². The summed E-state index contributed by atoms with van der Waals surface area (Å²) in [6.07, 6.45) is 1.38. The molecular weight excluding hydrogens is 211 g/mol. The first-order valence-corrected chi connectivity index (χ1v) is 5.30. The maximum atomic E-state index is 12.6. The molecule has 0 aliphatic carbocycles. The van der Waals surface area contributed by atoms with Crippen LogP contribution in [0.1, 0.15) is 23.2 Å². The van der Waals surface area contributed by atoms with E-state index in [2.05, 4.69) is 0 Å². The molecule has 1 aromatic carbocycles. The minimum atomic E-state index is -0.396. The predicted octanol–water partition coefficient (Wildman–Crippen LogP) is 2.16. The number of carbonyl (C=O) groups is 1. The van der Waals surface area contributed by atoms with Gasteiger partial charge in [0.15, 0.2) is 0 Å². The van der Waals surface area contributed by atoms with Crippen molar-refractivity contribution in [1.82, 2.24) is 0 Å². The molecule has 1 fully saturated rings. The zero-order chi connectivity index (χ0) is 11.4. The van der Waals surface area contributed by atoms with E-state index in [1.165, 1.54) is 24.3 Å². The third-order valence-corrected chi connectivity index (χ3v) is 2.52. The molecule has 1 heterocycles. The number of carbonyl (C=O) groups excluding carboxylic acids is 1. The second kappa shape index (κ2) is 5.07. The lowest BCUT2D eigenvalue weighted by molar-refractivity contribution is -0.0159. The van der Waals surface area contributed by atoms with Crippen molar-refractivity contribution >= 4 is 5.97 Å². The van der Waals surface area contributed by atoms with Crippen molar-refractivity contribution in [2.24, 2.45) is 0 Å². The van der Waals surface area contributed by atoms with Gasteiger partial charge in [0, 0.05) is 12.8 Å². The molecule has 1 aromatic rings. The van der Waals surface area contributed by atoms with E-state index in [1.807, 2.05) is 0 Å². The van der Waals surface area contributed by atoms with Crippen LogP contribution in [0.2, 0.25) is 0 Å². The van der Waals surface area contributed by atoms with Gasteiger partial charge in [-0.1, -0.05) is 0 Å². The van der Waals surface area contributed by atoms with Crippen molar-refractivity contribution in [3.05, 3.63) is 35.6 Å². The van der Waals surface area contributed by atoms with E-state index in [-0.39, 0.29) is 11.9 Å². The second-order valence-electron chi connectivity index (χ2n) is 3.72. The van der Waals surface area contributed by atoms with Gasteiger partial charge < -0.3 is 9.47 Å². The van der Waals surface area contributed by atoms with E-state index in [1.54, 1.807) is 0 Å². The normalized spacial score (nSPS) is 17.1.